The molecule has 1 N–H and O–H groups in total. The number of ether oxygens (including phenoxy) is 1. The quantitative estimate of drug-likeness (QED) is 0.852. The molecule has 0 bridgehead atoms. The van der Waals surface area contributed by atoms with Crippen LogP contribution in [0, 0.1) is 0 Å². The highest BCUT2D eigenvalue weighted by molar-refractivity contribution is 5.83. The molecule has 2 atom stereocenters. The maximum absolute atomic E-state index is 12.6. The second-order valence-corrected chi connectivity index (χ2v) is 4.95. The Labute approximate surface area is 113 Å². The van der Waals surface area contributed by atoms with E-state index in [1.54, 1.807) is 25.0 Å². The molecule has 1 aromatic rings. The Kier molecular flexibility index (Phi) is 4.55. The fourth-order valence-electron chi connectivity index (χ4n) is 2.54. The predicted octanol–water partition coefficient (Wildman–Crippen LogP) is 0.318. The Morgan fingerprint density at radius 1 is 1.63 bits per heavy atom. The van der Waals surface area contributed by atoms with E-state index in [2.05, 4.69) is 10.4 Å². The van der Waals surface area contributed by atoms with Gasteiger partial charge in [-0.3, -0.25) is 9.48 Å². The van der Waals surface area contributed by atoms with Crippen LogP contribution in [0.15, 0.2) is 12.4 Å². The van der Waals surface area contributed by atoms with Crippen molar-refractivity contribution in [2.45, 2.75) is 25.0 Å². The van der Waals surface area contributed by atoms with Gasteiger partial charge in [-0.2, -0.15) is 5.10 Å². The first-order valence-corrected chi connectivity index (χ1v) is 6.63. The number of likely N-dealkylation sites (N-methyl/N-ethyl adjacent to an activating group) is 1. The second kappa shape index (κ2) is 6.16. The molecule has 0 saturated carbocycles. The minimum atomic E-state index is -0.329. The van der Waals surface area contributed by atoms with Crippen molar-refractivity contribution in [2.75, 3.05) is 27.2 Å². The van der Waals surface area contributed by atoms with Crippen molar-refractivity contribution in [1.29, 1.82) is 0 Å². The molecule has 1 aliphatic rings. The third kappa shape index (κ3) is 3.13. The van der Waals surface area contributed by atoms with Gasteiger partial charge in [-0.1, -0.05) is 0 Å². The van der Waals surface area contributed by atoms with E-state index in [4.69, 9.17) is 4.74 Å². The van der Waals surface area contributed by atoms with Gasteiger partial charge < -0.3 is 15.0 Å². The summed E-state index contributed by atoms with van der Waals surface area (Å²) in [7, 11) is 5.35. The number of piperidine rings is 1. The predicted molar refractivity (Wildman–Crippen MR) is 71.6 cm³/mol. The highest BCUT2D eigenvalue weighted by Gasteiger charge is 2.29. The zero-order valence-electron chi connectivity index (χ0n) is 11.8. The molecule has 6 heteroatoms. The number of amides is 1. The lowest BCUT2D eigenvalue weighted by Crippen LogP contribution is -2.47. The van der Waals surface area contributed by atoms with Gasteiger partial charge in [0.1, 0.15) is 6.04 Å². The molecule has 1 amide bonds. The Hall–Kier alpha value is -1.40. The molecule has 6 nitrogen and oxygen atoms in total. The number of nitrogens with zero attached hydrogens (tertiary/aromatic N) is 3. The molecule has 0 aliphatic carbocycles. The lowest BCUT2D eigenvalue weighted by Gasteiger charge is -2.34. The van der Waals surface area contributed by atoms with Gasteiger partial charge in [-0.15, -0.1) is 0 Å². The van der Waals surface area contributed by atoms with Crippen molar-refractivity contribution in [1.82, 2.24) is 20.0 Å². The zero-order valence-corrected chi connectivity index (χ0v) is 11.8. The molecule has 1 aromatic heterocycles. The fraction of sp³-hybridized carbons (Fsp3) is 0.692. The lowest BCUT2D eigenvalue weighted by molar-refractivity contribution is -0.137. The van der Waals surface area contributed by atoms with Crippen molar-refractivity contribution < 1.29 is 9.53 Å². The molecule has 1 fully saturated rings. The van der Waals surface area contributed by atoms with Crippen LogP contribution >= 0.6 is 0 Å². The van der Waals surface area contributed by atoms with E-state index in [0.29, 0.717) is 6.54 Å². The average molecular weight is 266 g/mol. The number of carbonyl (C=O) groups excluding carboxylic acids is 1. The topological polar surface area (TPSA) is 59.4 Å². The van der Waals surface area contributed by atoms with Crippen LogP contribution in [-0.2, 0) is 16.6 Å². The van der Waals surface area contributed by atoms with E-state index in [1.807, 2.05) is 18.1 Å². The van der Waals surface area contributed by atoms with Crippen molar-refractivity contribution in [3.8, 4) is 0 Å². The van der Waals surface area contributed by atoms with E-state index in [0.717, 1.165) is 24.9 Å². The average Bonchev–Trinajstić information content (AvgIpc) is 2.86. The molecule has 1 saturated heterocycles. The number of aryl methyl sites for hydroxylation is 1. The number of likely N-dealkylation sites (tertiary alicyclic amines) is 1. The van der Waals surface area contributed by atoms with Crippen LogP contribution < -0.4 is 5.32 Å². The monoisotopic (exact) mass is 266 g/mol. The first-order valence-electron chi connectivity index (χ1n) is 6.63. The number of hydrogen-bond donors (Lipinski definition) is 1. The standard InChI is InChI=1S/C13H22N4O2/c1-14-12(10-7-15-16(2)8-10)13(18)17-6-4-5-11(9-17)19-3/h7-8,11-12,14H,4-6,9H2,1-3H3. The summed E-state index contributed by atoms with van der Waals surface area (Å²) in [4.78, 5) is 14.5. The molecule has 19 heavy (non-hydrogen) atoms. The SMILES string of the molecule is CNC(C(=O)N1CCCC(OC)C1)c1cnn(C)c1. The van der Waals surface area contributed by atoms with E-state index < -0.39 is 0 Å². The minimum absolute atomic E-state index is 0.0947. The Bertz CT molecular complexity index is 432. The highest BCUT2D eigenvalue weighted by Crippen LogP contribution is 2.19. The van der Waals surface area contributed by atoms with E-state index in [-0.39, 0.29) is 18.1 Å². The third-order valence-corrected chi connectivity index (χ3v) is 3.62. The number of aromatic nitrogens is 2. The maximum Gasteiger partial charge on any atom is 0.244 e. The van der Waals surface area contributed by atoms with Crippen LogP contribution in [0.1, 0.15) is 24.4 Å². The van der Waals surface area contributed by atoms with Gasteiger partial charge in [0.25, 0.3) is 0 Å². The Balaban J connectivity index is 2.08. The molecular formula is C13H22N4O2. The van der Waals surface area contributed by atoms with Crippen LogP contribution in [0.4, 0.5) is 0 Å². The van der Waals surface area contributed by atoms with Crippen LogP contribution in [-0.4, -0.2) is 53.9 Å². The van der Waals surface area contributed by atoms with Gasteiger partial charge in [-0.05, 0) is 19.9 Å². The summed E-state index contributed by atoms with van der Waals surface area (Å²) in [5.74, 6) is 0.0947. The summed E-state index contributed by atoms with van der Waals surface area (Å²) in [5, 5.41) is 7.20. The van der Waals surface area contributed by atoms with Crippen molar-refractivity contribution in [3.05, 3.63) is 18.0 Å². The minimum Gasteiger partial charge on any atom is -0.380 e. The van der Waals surface area contributed by atoms with Gasteiger partial charge in [0.2, 0.25) is 5.91 Å². The molecule has 2 heterocycles. The lowest BCUT2D eigenvalue weighted by atomic mass is 10.0. The Morgan fingerprint density at radius 2 is 2.42 bits per heavy atom. The number of methoxy groups -OCH3 is 1. The van der Waals surface area contributed by atoms with E-state index >= 15 is 0 Å². The van der Waals surface area contributed by atoms with E-state index in [1.165, 1.54) is 0 Å². The number of carbonyl (C=O) groups is 1. The number of hydrogen-bond acceptors (Lipinski definition) is 4. The number of nitrogens with one attached hydrogen (secondary N) is 1. The Morgan fingerprint density at radius 3 is 3.00 bits per heavy atom. The summed E-state index contributed by atoms with van der Waals surface area (Å²) in [6.45, 7) is 1.48. The largest absolute Gasteiger partial charge is 0.380 e. The van der Waals surface area contributed by atoms with Gasteiger partial charge in [-0.25, -0.2) is 0 Å². The molecule has 0 radical (unpaired) electrons. The van der Waals surface area contributed by atoms with Crippen molar-refractivity contribution in [2.24, 2.45) is 7.05 Å². The molecular weight excluding hydrogens is 244 g/mol. The highest BCUT2D eigenvalue weighted by atomic mass is 16.5. The van der Waals surface area contributed by atoms with Gasteiger partial charge >= 0.3 is 0 Å². The van der Waals surface area contributed by atoms with Gasteiger partial charge in [0, 0.05) is 39.0 Å². The summed E-state index contributed by atoms with van der Waals surface area (Å²) < 4.78 is 7.07. The molecule has 0 spiro atoms. The van der Waals surface area contributed by atoms with Crippen molar-refractivity contribution >= 4 is 5.91 Å². The van der Waals surface area contributed by atoms with Crippen LogP contribution in [0.25, 0.3) is 0 Å². The van der Waals surface area contributed by atoms with Crippen LogP contribution in [0.2, 0.25) is 0 Å². The van der Waals surface area contributed by atoms with Crippen LogP contribution in [0.5, 0.6) is 0 Å². The summed E-state index contributed by atoms with van der Waals surface area (Å²) in [6, 6.07) is -0.329. The number of rotatable bonds is 4. The maximum atomic E-state index is 12.6. The zero-order chi connectivity index (χ0) is 13.8. The van der Waals surface area contributed by atoms with Crippen molar-refractivity contribution in [3.63, 3.8) is 0 Å². The molecule has 0 aromatic carbocycles. The van der Waals surface area contributed by atoms with Crippen LogP contribution in [0.3, 0.4) is 0 Å². The normalized spacial score (nSPS) is 21.4. The first-order chi connectivity index (χ1) is 9.15. The third-order valence-electron chi connectivity index (χ3n) is 3.62. The summed E-state index contributed by atoms with van der Waals surface area (Å²) >= 11 is 0. The van der Waals surface area contributed by atoms with E-state index in [9.17, 15) is 4.79 Å². The van der Waals surface area contributed by atoms with Gasteiger partial charge in [0.15, 0.2) is 0 Å². The summed E-state index contributed by atoms with van der Waals surface area (Å²) in [6.07, 6.45) is 5.78. The van der Waals surface area contributed by atoms with Gasteiger partial charge in [0.05, 0.1) is 12.3 Å². The smallest absolute Gasteiger partial charge is 0.244 e. The molecule has 1 aliphatic heterocycles. The summed E-state index contributed by atoms with van der Waals surface area (Å²) in [5.41, 5.74) is 0.898. The molecule has 106 valence electrons. The first kappa shape index (κ1) is 14.0. The fourth-order valence-corrected chi connectivity index (χ4v) is 2.54. The molecule has 2 unspecified atom stereocenters. The molecule has 2 rings (SSSR count). The second-order valence-electron chi connectivity index (χ2n) is 4.95.